The number of rotatable bonds is 3. The van der Waals surface area contributed by atoms with Crippen LogP contribution >= 0.6 is 15.9 Å². The van der Waals surface area contributed by atoms with E-state index in [-0.39, 0.29) is 5.91 Å². The summed E-state index contributed by atoms with van der Waals surface area (Å²) in [5, 5.41) is 0. The Bertz CT molecular complexity index is 514. The molecule has 1 amide bonds. The molecule has 0 aromatic heterocycles. The van der Waals surface area contributed by atoms with Crippen molar-refractivity contribution in [3.63, 3.8) is 0 Å². The maximum absolute atomic E-state index is 12.3. The number of hydrogen-bond donors (Lipinski definition) is 0. The van der Waals surface area contributed by atoms with Gasteiger partial charge in [-0.25, -0.2) is 0 Å². The molecule has 0 spiro atoms. The van der Waals surface area contributed by atoms with E-state index in [4.69, 9.17) is 0 Å². The van der Waals surface area contributed by atoms with Gasteiger partial charge in [-0.3, -0.25) is 4.79 Å². The van der Waals surface area contributed by atoms with Gasteiger partial charge in [0.05, 0.1) is 0 Å². The van der Waals surface area contributed by atoms with E-state index in [1.165, 1.54) is 0 Å². The van der Waals surface area contributed by atoms with Gasteiger partial charge in [0.25, 0.3) is 5.91 Å². The van der Waals surface area contributed by atoms with Crippen molar-refractivity contribution in [2.75, 3.05) is 6.54 Å². The predicted molar refractivity (Wildman–Crippen MR) is 77.9 cm³/mol. The minimum atomic E-state index is 0.0968. The number of carbonyl (C=O) groups is 1. The van der Waals surface area contributed by atoms with Crippen LogP contribution in [0.15, 0.2) is 46.6 Å². The van der Waals surface area contributed by atoms with Crippen molar-refractivity contribution in [1.82, 2.24) is 4.90 Å². The monoisotopic (exact) mass is 305 g/mol. The van der Waals surface area contributed by atoms with Gasteiger partial charge in [0.2, 0.25) is 0 Å². The first kappa shape index (κ1) is 13.1. The molecule has 0 N–H and O–H groups in total. The van der Waals surface area contributed by atoms with E-state index in [9.17, 15) is 4.79 Å². The molecule has 18 heavy (non-hydrogen) atoms. The van der Waals surface area contributed by atoms with Crippen LogP contribution in [0.5, 0.6) is 0 Å². The van der Waals surface area contributed by atoms with Crippen LogP contribution in [0.3, 0.4) is 0 Å². The summed E-state index contributed by atoms with van der Waals surface area (Å²) in [5.41, 5.74) is 2.81. The first-order valence-electron chi connectivity index (χ1n) is 6.08. The summed E-state index contributed by atoms with van der Waals surface area (Å²) in [5.74, 6) is 0.0968. The second-order valence-electron chi connectivity index (χ2n) is 4.29. The smallest absolute Gasteiger partial charge is 0.258 e. The molecule has 2 rings (SSSR count). The zero-order valence-corrected chi connectivity index (χ0v) is 12.2. The minimum absolute atomic E-state index is 0.0968. The van der Waals surface area contributed by atoms with Crippen molar-refractivity contribution < 1.29 is 4.79 Å². The van der Waals surface area contributed by atoms with Gasteiger partial charge >= 0.3 is 0 Å². The Kier molecular flexibility index (Phi) is 4.02. The quantitative estimate of drug-likeness (QED) is 0.827. The first-order valence-corrected chi connectivity index (χ1v) is 6.87. The number of carbonyl (C=O) groups excluding carboxylic acids is 1. The summed E-state index contributed by atoms with van der Waals surface area (Å²) < 4.78 is 1.02. The average Bonchev–Trinajstić information content (AvgIpc) is 2.73. The number of benzene rings is 1. The summed E-state index contributed by atoms with van der Waals surface area (Å²) in [6.45, 7) is 4.74. The Balaban J connectivity index is 2.21. The Morgan fingerprint density at radius 2 is 2.06 bits per heavy atom. The molecule has 0 fully saturated rings. The molecule has 0 radical (unpaired) electrons. The molecular weight excluding hydrogens is 290 g/mol. The van der Waals surface area contributed by atoms with Gasteiger partial charge in [-0.2, -0.15) is 0 Å². The molecule has 0 atom stereocenters. The van der Waals surface area contributed by atoms with Crippen molar-refractivity contribution in [3.8, 4) is 0 Å². The summed E-state index contributed by atoms with van der Waals surface area (Å²) in [7, 11) is 0. The third-order valence-corrected chi connectivity index (χ3v) is 3.56. The third kappa shape index (κ3) is 2.56. The van der Waals surface area contributed by atoms with Gasteiger partial charge in [0, 0.05) is 22.3 Å². The molecule has 94 valence electrons. The van der Waals surface area contributed by atoms with Crippen LogP contribution in [0.4, 0.5) is 0 Å². The van der Waals surface area contributed by atoms with Crippen LogP contribution in [0.2, 0.25) is 0 Å². The van der Waals surface area contributed by atoms with Crippen LogP contribution in [-0.2, 0) is 4.79 Å². The lowest BCUT2D eigenvalue weighted by Crippen LogP contribution is -2.24. The molecule has 1 aliphatic heterocycles. The van der Waals surface area contributed by atoms with E-state index in [1.807, 2.05) is 42.2 Å². The standard InChI is InChI=1S/C15H16BrNO/c1-3-4-11(2)17-10-9-14(15(17)18)12-5-7-13(16)8-6-12/h4-9H,3,10H2,1-2H3/b11-4+. The fourth-order valence-corrected chi connectivity index (χ4v) is 2.34. The Morgan fingerprint density at radius 3 is 2.67 bits per heavy atom. The van der Waals surface area contributed by atoms with Crippen molar-refractivity contribution in [3.05, 3.63) is 52.2 Å². The van der Waals surface area contributed by atoms with Crippen molar-refractivity contribution in [2.24, 2.45) is 0 Å². The predicted octanol–water partition coefficient (Wildman–Crippen LogP) is 3.99. The van der Waals surface area contributed by atoms with Gasteiger partial charge in [0.1, 0.15) is 0 Å². The maximum atomic E-state index is 12.3. The largest absolute Gasteiger partial charge is 0.309 e. The van der Waals surface area contributed by atoms with Gasteiger partial charge in [-0.1, -0.05) is 47.1 Å². The van der Waals surface area contributed by atoms with Crippen LogP contribution < -0.4 is 0 Å². The molecule has 0 saturated carbocycles. The topological polar surface area (TPSA) is 20.3 Å². The minimum Gasteiger partial charge on any atom is -0.309 e. The van der Waals surface area contributed by atoms with Gasteiger partial charge in [0.15, 0.2) is 0 Å². The second kappa shape index (κ2) is 5.53. The first-order chi connectivity index (χ1) is 8.63. The maximum Gasteiger partial charge on any atom is 0.258 e. The zero-order chi connectivity index (χ0) is 13.1. The summed E-state index contributed by atoms with van der Waals surface area (Å²) >= 11 is 3.40. The number of halogens is 1. The summed E-state index contributed by atoms with van der Waals surface area (Å²) in [6, 6.07) is 7.86. The molecule has 1 aromatic rings. The highest BCUT2D eigenvalue weighted by atomic mass is 79.9. The van der Waals surface area contributed by atoms with E-state index >= 15 is 0 Å². The molecule has 1 aliphatic rings. The molecule has 1 aromatic carbocycles. The van der Waals surface area contributed by atoms with Crippen LogP contribution in [-0.4, -0.2) is 17.4 Å². The lowest BCUT2D eigenvalue weighted by Gasteiger charge is -2.17. The molecular formula is C15H16BrNO. The van der Waals surface area contributed by atoms with Gasteiger partial charge in [-0.15, -0.1) is 0 Å². The van der Waals surface area contributed by atoms with Crippen LogP contribution in [0, 0.1) is 0 Å². The summed E-state index contributed by atoms with van der Waals surface area (Å²) in [4.78, 5) is 14.1. The lowest BCUT2D eigenvalue weighted by atomic mass is 10.1. The third-order valence-electron chi connectivity index (χ3n) is 3.03. The molecule has 0 bridgehead atoms. The molecule has 1 heterocycles. The van der Waals surface area contributed by atoms with E-state index in [1.54, 1.807) is 0 Å². The van der Waals surface area contributed by atoms with Crippen molar-refractivity contribution in [2.45, 2.75) is 20.3 Å². The molecule has 0 unspecified atom stereocenters. The fourth-order valence-electron chi connectivity index (χ4n) is 2.08. The van der Waals surface area contributed by atoms with Crippen molar-refractivity contribution in [1.29, 1.82) is 0 Å². The van der Waals surface area contributed by atoms with E-state index in [0.29, 0.717) is 6.54 Å². The number of amides is 1. The van der Waals surface area contributed by atoms with Gasteiger partial charge < -0.3 is 4.90 Å². The number of allylic oxidation sites excluding steroid dienone is 2. The number of hydrogen-bond acceptors (Lipinski definition) is 1. The SMILES string of the molecule is CC/C=C(\C)N1CC=C(c2ccc(Br)cc2)C1=O. The van der Waals surface area contributed by atoms with E-state index in [2.05, 4.69) is 28.9 Å². The van der Waals surface area contributed by atoms with Gasteiger partial charge in [-0.05, 0) is 31.0 Å². The highest BCUT2D eigenvalue weighted by Crippen LogP contribution is 2.26. The Morgan fingerprint density at radius 1 is 1.39 bits per heavy atom. The average molecular weight is 306 g/mol. The molecule has 2 nitrogen and oxygen atoms in total. The molecule has 0 aliphatic carbocycles. The summed E-state index contributed by atoms with van der Waals surface area (Å²) in [6.07, 6.45) is 5.03. The normalized spacial score (nSPS) is 16.2. The lowest BCUT2D eigenvalue weighted by molar-refractivity contribution is -0.121. The zero-order valence-electron chi connectivity index (χ0n) is 10.6. The van der Waals surface area contributed by atoms with Crippen LogP contribution in [0.25, 0.3) is 5.57 Å². The molecule has 3 heteroatoms. The highest BCUT2D eigenvalue weighted by Gasteiger charge is 2.25. The second-order valence-corrected chi connectivity index (χ2v) is 5.21. The van der Waals surface area contributed by atoms with E-state index in [0.717, 1.165) is 27.7 Å². The Hall–Kier alpha value is -1.35. The van der Waals surface area contributed by atoms with E-state index < -0.39 is 0 Å². The fraction of sp³-hybridized carbons (Fsp3) is 0.267. The number of nitrogens with zero attached hydrogens (tertiary/aromatic N) is 1. The highest BCUT2D eigenvalue weighted by molar-refractivity contribution is 9.10. The Labute approximate surface area is 116 Å². The van der Waals surface area contributed by atoms with Crippen LogP contribution in [0.1, 0.15) is 25.8 Å². The molecule has 0 saturated heterocycles. The van der Waals surface area contributed by atoms with Crippen molar-refractivity contribution >= 4 is 27.4 Å².